The molecule has 0 aromatic heterocycles. The second-order valence-corrected chi connectivity index (χ2v) is 3.63. The Morgan fingerprint density at radius 3 is 2.47 bits per heavy atom. The molecule has 0 aliphatic heterocycles. The van der Waals surface area contributed by atoms with Gasteiger partial charge in [-0.3, -0.25) is 4.79 Å². The second kappa shape index (κ2) is 6.51. The van der Waals surface area contributed by atoms with Gasteiger partial charge in [-0.05, 0) is 25.1 Å². The summed E-state index contributed by atoms with van der Waals surface area (Å²) in [6.45, 7) is 2.09. The number of carbonyl (C=O) groups excluding carboxylic acids is 1. The summed E-state index contributed by atoms with van der Waals surface area (Å²) in [6, 6.07) is 2.92. The van der Waals surface area contributed by atoms with Crippen molar-refractivity contribution in [3.05, 3.63) is 35.4 Å². The molecule has 0 aliphatic carbocycles. The molecule has 2 N–H and O–H groups in total. The molecule has 0 radical (unpaired) electrons. The summed E-state index contributed by atoms with van der Waals surface area (Å²) < 4.78 is 25.6. The molecule has 0 heterocycles. The van der Waals surface area contributed by atoms with Crippen LogP contribution in [0.25, 0.3) is 0 Å². The van der Waals surface area contributed by atoms with Gasteiger partial charge in [0.15, 0.2) is 11.6 Å². The normalized spacial score (nSPS) is 11.6. The first-order chi connectivity index (χ1) is 7.47. The maximum atomic E-state index is 12.9. The van der Waals surface area contributed by atoms with Crippen molar-refractivity contribution in [1.82, 2.24) is 4.90 Å². The first-order valence-electron chi connectivity index (χ1n) is 4.89. The van der Waals surface area contributed by atoms with Crippen LogP contribution in [0.2, 0.25) is 0 Å². The Bertz CT molecular complexity index is 401. The summed E-state index contributed by atoms with van der Waals surface area (Å²) in [5, 5.41) is 0. The minimum Gasteiger partial charge on any atom is -0.338 e. The van der Waals surface area contributed by atoms with Gasteiger partial charge in [0.2, 0.25) is 0 Å². The molecular formula is C11H15ClF2N2O. The highest BCUT2D eigenvalue weighted by atomic mass is 35.5. The van der Waals surface area contributed by atoms with E-state index >= 15 is 0 Å². The van der Waals surface area contributed by atoms with Crippen LogP contribution in [0.1, 0.15) is 17.3 Å². The molecule has 17 heavy (non-hydrogen) atoms. The minimum absolute atomic E-state index is 0. The molecule has 1 aromatic rings. The van der Waals surface area contributed by atoms with Crippen molar-refractivity contribution in [2.24, 2.45) is 5.73 Å². The summed E-state index contributed by atoms with van der Waals surface area (Å²) in [7, 11) is 1.57. The molecule has 0 fully saturated rings. The molecule has 1 amide bonds. The molecule has 0 bridgehead atoms. The first kappa shape index (κ1) is 15.8. The van der Waals surface area contributed by atoms with Crippen LogP contribution in [-0.4, -0.2) is 30.4 Å². The number of amides is 1. The van der Waals surface area contributed by atoms with Crippen LogP contribution < -0.4 is 5.73 Å². The highest BCUT2D eigenvalue weighted by molar-refractivity contribution is 5.94. The molecule has 1 rings (SSSR count). The Kier molecular flexibility index (Phi) is 6.05. The third-order valence-corrected chi connectivity index (χ3v) is 2.49. The zero-order valence-electron chi connectivity index (χ0n) is 9.61. The molecular weight excluding hydrogens is 250 g/mol. The fourth-order valence-electron chi connectivity index (χ4n) is 1.19. The summed E-state index contributed by atoms with van der Waals surface area (Å²) in [5.41, 5.74) is 5.53. The van der Waals surface area contributed by atoms with Crippen LogP contribution in [0.3, 0.4) is 0 Å². The average Bonchev–Trinajstić information content (AvgIpc) is 2.29. The quantitative estimate of drug-likeness (QED) is 0.905. The van der Waals surface area contributed by atoms with Gasteiger partial charge in [-0.1, -0.05) is 0 Å². The van der Waals surface area contributed by atoms with Gasteiger partial charge >= 0.3 is 0 Å². The smallest absolute Gasteiger partial charge is 0.253 e. The van der Waals surface area contributed by atoms with Crippen LogP contribution in [-0.2, 0) is 0 Å². The van der Waals surface area contributed by atoms with Crippen LogP contribution in [0.4, 0.5) is 8.78 Å². The molecule has 1 atom stereocenters. The van der Waals surface area contributed by atoms with E-state index in [1.54, 1.807) is 14.0 Å². The number of rotatable bonds is 3. The molecule has 1 unspecified atom stereocenters. The number of halogens is 3. The lowest BCUT2D eigenvalue weighted by atomic mass is 10.1. The molecule has 0 aliphatic rings. The Balaban J connectivity index is 0.00000256. The lowest BCUT2D eigenvalue weighted by Gasteiger charge is -2.23. The largest absolute Gasteiger partial charge is 0.338 e. The van der Waals surface area contributed by atoms with Gasteiger partial charge in [-0.15, -0.1) is 12.4 Å². The van der Waals surface area contributed by atoms with Crippen molar-refractivity contribution in [1.29, 1.82) is 0 Å². The van der Waals surface area contributed by atoms with E-state index in [9.17, 15) is 13.6 Å². The summed E-state index contributed by atoms with van der Waals surface area (Å²) in [5.74, 6) is -2.37. The minimum atomic E-state index is -1.03. The lowest BCUT2D eigenvalue weighted by molar-refractivity contribution is 0.0748. The zero-order valence-corrected chi connectivity index (χ0v) is 10.4. The van der Waals surface area contributed by atoms with Crippen LogP contribution in [0.15, 0.2) is 18.2 Å². The molecule has 1 aromatic carbocycles. The molecule has 3 nitrogen and oxygen atoms in total. The van der Waals surface area contributed by atoms with Crippen molar-refractivity contribution >= 4 is 18.3 Å². The number of likely N-dealkylation sites (N-methyl/N-ethyl adjacent to an activating group) is 1. The van der Waals surface area contributed by atoms with E-state index in [1.807, 2.05) is 0 Å². The fourth-order valence-corrected chi connectivity index (χ4v) is 1.19. The molecule has 6 heteroatoms. The van der Waals surface area contributed by atoms with Gasteiger partial charge in [-0.2, -0.15) is 0 Å². The molecule has 0 saturated carbocycles. The van der Waals surface area contributed by atoms with E-state index < -0.39 is 11.6 Å². The predicted molar refractivity (Wildman–Crippen MR) is 64.2 cm³/mol. The van der Waals surface area contributed by atoms with Gasteiger partial charge in [0.25, 0.3) is 5.91 Å². The van der Waals surface area contributed by atoms with E-state index in [-0.39, 0.29) is 29.9 Å². The van der Waals surface area contributed by atoms with Crippen LogP contribution >= 0.6 is 12.4 Å². The van der Waals surface area contributed by atoms with Gasteiger partial charge in [0.05, 0.1) is 0 Å². The number of nitrogens with two attached hydrogens (primary N) is 1. The van der Waals surface area contributed by atoms with Crippen molar-refractivity contribution in [3.63, 3.8) is 0 Å². The van der Waals surface area contributed by atoms with E-state index in [1.165, 1.54) is 11.0 Å². The summed E-state index contributed by atoms with van der Waals surface area (Å²) >= 11 is 0. The zero-order chi connectivity index (χ0) is 12.3. The third-order valence-electron chi connectivity index (χ3n) is 2.49. The van der Waals surface area contributed by atoms with Crippen molar-refractivity contribution < 1.29 is 13.6 Å². The van der Waals surface area contributed by atoms with Gasteiger partial charge in [-0.25, -0.2) is 8.78 Å². The lowest BCUT2D eigenvalue weighted by Crippen LogP contribution is -2.39. The monoisotopic (exact) mass is 264 g/mol. The van der Waals surface area contributed by atoms with Crippen molar-refractivity contribution in [2.75, 3.05) is 13.6 Å². The highest BCUT2D eigenvalue weighted by Gasteiger charge is 2.17. The van der Waals surface area contributed by atoms with Crippen LogP contribution in [0, 0.1) is 11.6 Å². The van der Waals surface area contributed by atoms with E-state index in [2.05, 4.69) is 0 Å². The van der Waals surface area contributed by atoms with E-state index in [0.717, 1.165) is 12.1 Å². The molecule has 0 saturated heterocycles. The topological polar surface area (TPSA) is 46.3 Å². The average molecular weight is 265 g/mol. The molecule has 96 valence electrons. The standard InChI is InChI=1S/C11H14F2N2O.ClH/c1-7(6-14)15(2)11(16)8-3-4-9(12)10(13)5-8;/h3-5,7H,6,14H2,1-2H3;1H. The second-order valence-electron chi connectivity index (χ2n) is 3.63. The Labute approximate surface area is 105 Å². The predicted octanol–water partition coefficient (Wildman–Crippen LogP) is 1.81. The van der Waals surface area contributed by atoms with Gasteiger partial charge < -0.3 is 10.6 Å². The highest BCUT2D eigenvalue weighted by Crippen LogP contribution is 2.11. The van der Waals surface area contributed by atoms with Crippen molar-refractivity contribution in [3.8, 4) is 0 Å². The van der Waals surface area contributed by atoms with Crippen LogP contribution in [0.5, 0.6) is 0 Å². The Morgan fingerprint density at radius 1 is 1.41 bits per heavy atom. The maximum absolute atomic E-state index is 12.9. The Hall–Kier alpha value is -1.20. The SMILES string of the molecule is CC(CN)N(C)C(=O)c1ccc(F)c(F)c1.Cl. The first-order valence-corrected chi connectivity index (χ1v) is 4.89. The van der Waals surface area contributed by atoms with Gasteiger partial charge in [0, 0.05) is 25.2 Å². The number of hydrogen-bond donors (Lipinski definition) is 1. The number of benzene rings is 1. The fraction of sp³-hybridized carbons (Fsp3) is 0.364. The number of carbonyl (C=O) groups is 1. The summed E-state index contributed by atoms with van der Waals surface area (Å²) in [6.07, 6.45) is 0. The number of nitrogens with zero attached hydrogens (tertiary/aromatic N) is 1. The third kappa shape index (κ3) is 3.64. The van der Waals surface area contributed by atoms with E-state index in [4.69, 9.17) is 5.73 Å². The molecule has 0 spiro atoms. The van der Waals surface area contributed by atoms with Crippen molar-refractivity contribution in [2.45, 2.75) is 13.0 Å². The number of hydrogen-bond acceptors (Lipinski definition) is 2. The van der Waals surface area contributed by atoms with Gasteiger partial charge in [0.1, 0.15) is 0 Å². The summed E-state index contributed by atoms with van der Waals surface area (Å²) in [4.78, 5) is 13.2. The van der Waals surface area contributed by atoms with E-state index in [0.29, 0.717) is 6.54 Å². The maximum Gasteiger partial charge on any atom is 0.253 e. The Morgan fingerprint density at radius 2 is 2.00 bits per heavy atom.